The third kappa shape index (κ3) is 8.64. The highest BCUT2D eigenvalue weighted by molar-refractivity contribution is 5.80. The number of carbonyl (C=O) groups is 2. The predicted octanol–water partition coefficient (Wildman–Crippen LogP) is -0.325. The lowest BCUT2D eigenvalue weighted by Gasteiger charge is -1.99. The molecule has 0 spiro atoms. The van der Waals surface area contributed by atoms with E-state index in [2.05, 4.69) is 13.2 Å². The van der Waals surface area contributed by atoms with E-state index in [0.29, 0.717) is 0 Å². The molecule has 0 aromatic heterocycles. The molecule has 0 aromatic carbocycles. The van der Waals surface area contributed by atoms with E-state index in [1.165, 1.54) is 0 Å². The molecule has 64 valence electrons. The Morgan fingerprint density at radius 3 is 1.82 bits per heavy atom. The van der Waals surface area contributed by atoms with Gasteiger partial charge in [-0.05, 0) is 0 Å². The van der Waals surface area contributed by atoms with Crippen LogP contribution in [0, 0.1) is 0 Å². The molecular formula is C6H11NO4. The highest BCUT2D eigenvalue weighted by Crippen LogP contribution is 1.86. The summed E-state index contributed by atoms with van der Waals surface area (Å²) in [6, 6.07) is -1.29. The fourth-order valence-electron chi connectivity index (χ4n) is 0.275. The molecule has 0 saturated heterocycles. The van der Waals surface area contributed by atoms with Gasteiger partial charge in [0.25, 0.3) is 0 Å². The molecule has 0 aliphatic carbocycles. The van der Waals surface area contributed by atoms with E-state index in [9.17, 15) is 9.59 Å². The van der Waals surface area contributed by atoms with Crippen molar-refractivity contribution < 1.29 is 19.8 Å². The zero-order chi connectivity index (χ0) is 9.44. The standard InChI is InChI=1S/C4H7NO4.C2H4/c5-2(4(8)9)1-3(6)7;1-2/h2H,1,5H2,(H,6,7)(H,8,9);1-2H2/t2-;/m0./s1. The van der Waals surface area contributed by atoms with Crippen molar-refractivity contribution >= 4 is 11.9 Å². The molecular weight excluding hydrogens is 150 g/mol. The lowest BCUT2D eigenvalue weighted by molar-refractivity contribution is -0.144. The zero-order valence-corrected chi connectivity index (χ0v) is 5.99. The Morgan fingerprint density at radius 2 is 1.73 bits per heavy atom. The van der Waals surface area contributed by atoms with Gasteiger partial charge in [-0.3, -0.25) is 9.59 Å². The Morgan fingerprint density at radius 1 is 1.36 bits per heavy atom. The Labute approximate surface area is 64.1 Å². The van der Waals surface area contributed by atoms with E-state index in [-0.39, 0.29) is 0 Å². The average Bonchev–Trinajstić information content (AvgIpc) is 1.90. The minimum atomic E-state index is -1.29. The Hall–Kier alpha value is -1.36. The molecule has 5 nitrogen and oxygen atoms in total. The first-order valence-electron chi connectivity index (χ1n) is 2.74. The summed E-state index contributed by atoms with van der Waals surface area (Å²) in [5, 5.41) is 16.0. The smallest absolute Gasteiger partial charge is 0.321 e. The molecule has 0 bridgehead atoms. The van der Waals surface area contributed by atoms with Crippen LogP contribution in [0.4, 0.5) is 0 Å². The maximum absolute atomic E-state index is 9.85. The van der Waals surface area contributed by atoms with Crippen molar-refractivity contribution in [2.45, 2.75) is 12.5 Å². The predicted molar refractivity (Wildman–Crippen MR) is 39.1 cm³/mol. The van der Waals surface area contributed by atoms with Crippen LogP contribution in [0.5, 0.6) is 0 Å². The summed E-state index contributed by atoms with van der Waals surface area (Å²) < 4.78 is 0. The Balaban J connectivity index is 0. The molecule has 0 rings (SSSR count). The van der Waals surface area contributed by atoms with Crippen molar-refractivity contribution in [2.75, 3.05) is 0 Å². The van der Waals surface area contributed by atoms with Gasteiger partial charge in [-0.15, -0.1) is 13.2 Å². The van der Waals surface area contributed by atoms with E-state index in [4.69, 9.17) is 15.9 Å². The van der Waals surface area contributed by atoms with Crippen LogP contribution in [0.15, 0.2) is 13.2 Å². The first-order chi connectivity index (χ1) is 5.04. The largest absolute Gasteiger partial charge is 0.481 e. The summed E-state index contributed by atoms with van der Waals surface area (Å²) in [4.78, 5) is 19.6. The molecule has 5 heteroatoms. The van der Waals surface area contributed by atoms with E-state index >= 15 is 0 Å². The molecule has 4 N–H and O–H groups in total. The number of hydrogen-bond donors (Lipinski definition) is 3. The topological polar surface area (TPSA) is 101 Å². The number of nitrogens with two attached hydrogens (primary N) is 1. The lowest BCUT2D eigenvalue weighted by Crippen LogP contribution is -2.32. The zero-order valence-electron chi connectivity index (χ0n) is 5.99. The summed E-state index contributed by atoms with van der Waals surface area (Å²) in [6.07, 6.45) is -0.532. The van der Waals surface area contributed by atoms with Crippen LogP contribution in [-0.4, -0.2) is 28.2 Å². The molecule has 0 radical (unpaired) electrons. The van der Waals surface area contributed by atoms with Crippen molar-refractivity contribution in [1.82, 2.24) is 0 Å². The first kappa shape index (κ1) is 12.3. The van der Waals surface area contributed by atoms with Gasteiger partial charge in [0, 0.05) is 0 Å². The minimum Gasteiger partial charge on any atom is -0.481 e. The first-order valence-corrected chi connectivity index (χ1v) is 2.74. The number of rotatable bonds is 3. The highest BCUT2D eigenvalue weighted by atomic mass is 16.4. The average molecular weight is 161 g/mol. The quantitative estimate of drug-likeness (QED) is 0.492. The van der Waals surface area contributed by atoms with E-state index in [0.717, 1.165) is 0 Å². The minimum absolute atomic E-state index is 0.532. The molecule has 0 amide bonds. The molecule has 0 aromatic rings. The van der Waals surface area contributed by atoms with Crippen LogP contribution in [0.1, 0.15) is 6.42 Å². The molecule has 0 saturated carbocycles. The van der Waals surface area contributed by atoms with Crippen LogP contribution in [0.2, 0.25) is 0 Å². The van der Waals surface area contributed by atoms with Crippen LogP contribution in [-0.2, 0) is 9.59 Å². The van der Waals surface area contributed by atoms with Gasteiger partial charge in [0.05, 0.1) is 6.42 Å². The second kappa shape index (κ2) is 6.76. The van der Waals surface area contributed by atoms with Crippen LogP contribution in [0.3, 0.4) is 0 Å². The fraction of sp³-hybridized carbons (Fsp3) is 0.333. The maximum Gasteiger partial charge on any atom is 0.321 e. The van der Waals surface area contributed by atoms with Gasteiger partial charge < -0.3 is 15.9 Å². The molecule has 11 heavy (non-hydrogen) atoms. The highest BCUT2D eigenvalue weighted by Gasteiger charge is 2.14. The number of carboxylic acid groups (broad SMARTS) is 2. The van der Waals surface area contributed by atoms with E-state index < -0.39 is 24.4 Å². The summed E-state index contributed by atoms with van der Waals surface area (Å²) in [5.74, 6) is -2.50. The third-order valence-electron chi connectivity index (χ3n) is 0.712. The van der Waals surface area contributed by atoms with Gasteiger partial charge in [0.2, 0.25) is 0 Å². The third-order valence-corrected chi connectivity index (χ3v) is 0.712. The molecule has 1 atom stereocenters. The van der Waals surface area contributed by atoms with Gasteiger partial charge >= 0.3 is 11.9 Å². The Bertz CT molecular complexity index is 146. The lowest BCUT2D eigenvalue weighted by atomic mass is 10.2. The SMILES string of the molecule is C=C.N[C@@H](CC(=O)O)C(=O)O. The summed E-state index contributed by atoms with van der Waals surface area (Å²) in [7, 11) is 0. The van der Waals surface area contributed by atoms with Crippen LogP contribution >= 0.6 is 0 Å². The second-order valence-corrected chi connectivity index (χ2v) is 1.54. The van der Waals surface area contributed by atoms with E-state index in [1.807, 2.05) is 0 Å². The molecule has 0 heterocycles. The summed E-state index contributed by atoms with van der Waals surface area (Å²) >= 11 is 0. The van der Waals surface area contributed by atoms with Crippen molar-refractivity contribution in [2.24, 2.45) is 5.73 Å². The van der Waals surface area contributed by atoms with Gasteiger partial charge in [-0.1, -0.05) is 0 Å². The maximum atomic E-state index is 9.85. The second-order valence-electron chi connectivity index (χ2n) is 1.54. The monoisotopic (exact) mass is 161 g/mol. The van der Waals surface area contributed by atoms with Crippen molar-refractivity contribution in [3.63, 3.8) is 0 Å². The van der Waals surface area contributed by atoms with Crippen molar-refractivity contribution in [3.05, 3.63) is 13.2 Å². The van der Waals surface area contributed by atoms with Crippen molar-refractivity contribution in [1.29, 1.82) is 0 Å². The van der Waals surface area contributed by atoms with Gasteiger partial charge in [-0.2, -0.15) is 0 Å². The molecule has 0 aliphatic rings. The van der Waals surface area contributed by atoms with Gasteiger partial charge in [0.1, 0.15) is 6.04 Å². The summed E-state index contributed by atoms with van der Waals surface area (Å²) in [5.41, 5.74) is 4.84. The molecule has 0 unspecified atom stereocenters. The van der Waals surface area contributed by atoms with Crippen LogP contribution in [0.25, 0.3) is 0 Å². The number of carboxylic acids is 2. The molecule has 0 fully saturated rings. The van der Waals surface area contributed by atoms with Crippen molar-refractivity contribution in [3.8, 4) is 0 Å². The number of aliphatic carboxylic acids is 2. The normalized spacial score (nSPS) is 10.6. The van der Waals surface area contributed by atoms with E-state index in [1.54, 1.807) is 0 Å². The summed E-state index contributed by atoms with van der Waals surface area (Å²) in [6.45, 7) is 6.00. The van der Waals surface area contributed by atoms with Crippen LogP contribution < -0.4 is 5.73 Å². The fourth-order valence-corrected chi connectivity index (χ4v) is 0.275. The molecule has 0 aliphatic heterocycles. The van der Waals surface area contributed by atoms with Gasteiger partial charge in [0.15, 0.2) is 0 Å². The van der Waals surface area contributed by atoms with Gasteiger partial charge in [-0.25, -0.2) is 0 Å². The Kier molecular flexibility index (Phi) is 7.57. The number of hydrogen-bond acceptors (Lipinski definition) is 3.